The lowest BCUT2D eigenvalue weighted by Crippen LogP contribution is -2.38. The van der Waals surface area contributed by atoms with Gasteiger partial charge in [0.1, 0.15) is 0 Å². The third kappa shape index (κ3) is 5.23. The SMILES string of the molecule is C=C/C=C\C(=C/C)CC1(C)CC(C)CC(C)(Cc2ccccc2)C1. The largest absolute Gasteiger partial charge is 0.0991 e. The molecule has 0 bridgehead atoms. The zero-order valence-electron chi connectivity index (χ0n) is 16.0. The second kappa shape index (κ2) is 8.01. The van der Waals surface area contributed by atoms with Gasteiger partial charge in [-0.1, -0.05) is 87.6 Å². The average molecular weight is 323 g/mol. The predicted molar refractivity (Wildman–Crippen MR) is 107 cm³/mol. The van der Waals surface area contributed by atoms with Crippen molar-refractivity contribution in [2.45, 2.75) is 59.8 Å². The molecule has 1 saturated carbocycles. The first-order chi connectivity index (χ1) is 11.4. The van der Waals surface area contributed by atoms with Gasteiger partial charge in [-0.05, 0) is 61.3 Å². The molecule has 0 spiro atoms. The van der Waals surface area contributed by atoms with Gasteiger partial charge in [0.25, 0.3) is 0 Å². The fraction of sp³-hybridized carbons (Fsp3) is 0.500. The average Bonchev–Trinajstić information content (AvgIpc) is 2.50. The molecule has 0 N–H and O–H groups in total. The summed E-state index contributed by atoms with van der Waals surface area (Å²) < 4.78 is 0. The lowest BCUT2D eigenvalue weighted by Gasteiger charge is -2.48. The van der Waals surface area contributed by atoms with E-state index in [1.54, 1.807) is 0 Å². The van der Waals surface area contributed by atoms with Crippen LogP contribution in [0.4, 0.5) is 0 Å². The Hall–Kier alpha value is -1.56. The highest BCUT2D eigenvalue weighted by atomic mass is 14.5. The molecule has 0 aromatic heterocycles. The van der Waals surface area contributed by atoms with E-state index in [9.17, 15) is 0 Å². The lowest BCUT2D eigenvalue weighted by atomic mass is 9.57. The Bertz CT molecular complexity index is 592. The Morgan fingerprint density at radius 1 is 1.17 bits per heavy atom. The van der Waals surface area contributed by atoms with Crippen LogP contribution in [0.15, 0.2) is 66.8 Å². The molecule has 130 valence electrons. The predicted octanol–water partition coefficient (Wildman–Crippen LogP) is 7.14. The topological polar surface area (TPSA) is 0 Å². The highest BCUT2D eigenvalue weighted by molar-refractivity contribution is 5.23. The summed E-state index contributed by atoms with van der Waals surface area (Å²) in [5.41, 5.74) is 3.70. The van der Waals surface area contributed by atoms with E-state index >= 15 is 0 Å². The molecule has 3 unspecified atom stereocenters. The maximum absolute atomic E-state index is 3.80. The van der Waals surface area contributed by atoms with Crippen LogP contribution in [0.25, 0.3) is 0 Å². The first kappa shape index (κ1) is 18.8. The van der Waals surface area contributed by atoms with Crippen molar-refractivity contribution in [3.63, 3.8) is 0 Å². The number of rotatable bonds is 6. The third-order valence-corrected chi connectivity index (χ3v) is 5.46. The molecular formula is C24H34. The van der Waals surface area contributed by atoms with Gasteiger partial charge < -0.3 is 0 Å². The van der Waals surface area contributed by atoms with Crippen molar-refractivity contribution in [2.24, 2.45) is 16.7 Å². The zero-order chi connectivity index (χ0) is 17.6. The Morgan fingerprint density at radius 3 is 2.46 bits per heavy atom. The number of hydrogen-bond acceptors (Lipinski definition) is 0. The third-order valence-electron chi connectivity index (χ3n) is 5.46. The molecule has 24 heavy (non-hydrogen) atoms. The van der Waals surface area contributed by atoms with E-state index in [4.69, 9.17) is 0 Å². The van der Waals surface area contributed by atoms with E-state index in [-0.39, 0.29) is 0 Å². The van der Waals surface area contributed by atoms with Gasteiger partial charge in [0.15, 0.2) is 0 Å². The molecule has 0 heteroatoms. The molecule has 0 nitrogen and oxygen atoms in total. The van der Waals surface area contributed by atoms with Crippen LogP contribution in [0.3, 0.4) is 0 Å². The van der Waals surface area contributed by atoms with E-state index in [0.29, 0.717) is 10.8 Å². The highest BCUT2D eigenvalue weighted by Gasteiger charge is 2.42. The molecule has 0 saturated heterocycles. The van der Waals surface area contributed by atoms with Crippen LogP contribution >= 0.6 is 0 Å². The fourth-order valence-corrected chi connectivity index (χ4v) is 5.23. The van der Waals surface area contributed by atoms with Crippen molar-refractivity contribution in [1.29, 1.82) is 0 Å². The van der Waals surface area contributed by atoms with Crippen LogP contribution in [0, 0.1) is 16.7 Å². The van der Waals surface area contributed by atoms with Crippen LogP contribution in [-0.4, -0.2) is 0 Å². The Labute approximate surface area is 149 Å². The quantitative estimate of drug-likeness (QED) is 0.488. The molecule has 3 atom stereocenters. The summed E-state index contributed by atoms with van der Waals surface area (Å²) in [6.45, 7) is 13.4. The van der Waals surface area contributed by atoms with Gasteiger partial charge in [-0.15, -0.1) is 0 Å². The number of benzene rings is 1. The van der Waals surface area contributed by atoms with Crippen LogP contribution in [0.5, 0.6) is 0 Å². The first-order valence-electron chi connectivity index (χ1n) is 9.36. The summed E-state index contributed by atoms with van der Waals surface area (Å²) in [6.07, 6.45) is 14.8. The number of allylic oxidation sites excluding steroid dienone is 5. The minimum Gasteiger partial charge on any atom is -0.0991 e. The van der Waals surface area contributed by atoms with E-state index in [2.05, 4.69) is 82.8 Å². The van der Waals surface area contributed by atoms with E-state index in [1.165, 1.54) is 43.2 Å². The fourth-order valence-electron chi connectivity index (χ4n) is 5.23. The van der Waals surface area contributed by atoms with Crippen molar-refractivity contribution in [2.75, 3.05) is 0 Å². The summed E-state index contributed by atoms with van der Waals surface area (Å²) in [6, 6.07) is 11.0. The Morgan fingerprint density at radius 2 is 1.83 bits per heavy atom. The van der Waals surface area contributed by atoms with Crippen LogP contribution in [0.1, 0.15) is 58.9 Å². The van der Waals surface area contributed by atoms with Crippen molar-refractivity contribution in [3.8, 4) is 0 Å². The van der Waals surface area contributed by atoms with E-state index in [0.717, 1.165) is 5.92 Å². The minimum absolute atomic E-state index is 0.383. The maximum Gasteiger partial charge on any atom is -0.0224 e. The van der Waals surface area contributed by atoms with Gasteiger partial charge in [-0.3, -0.25) is 0 Å². The highest BCUT2D eigenvalue weighted by Crippen LogP contribution is 2.52. The van der Waals surface area contributed by atoms with Crippen molar-refractivity contribution in [3.05, 3.63) is 72.4 Å². The van der Waals surface area contributed by atoms with Crippen molar-refractivity contribution >= 4 is 0 Å². The second-order valence-electron chi connectivity index (χ2n) is 8.61. The summed E-state index contributed by atoms with van der Waals surface area (Å²) >= 11 is 0. The van der Waals surface area contributed by atoms with Gasteiger partial charge in [0, 0.05) is 0 Å². The molecule has 0 heterocycles. The van der Waals surface area contributed by atoms with Gasteiger partial charge in [0.05, 0.1) is 0 Å². The molecule has 1 fully saturated rings. The zero-order valence-corrected chi connectivity index (χ0v) is 16.0. The molecular weight excluding hydrogens is 288 g/mol. The summed E-state index contributed by atoms with van der Waals surface area (Å²) in [7, 11) is 0. The smallest absolute Gasteiger partial charge is 0.0224 e. The van der Waals surface area contributed by atoms with E-state index < -0.39 is 0 Å². The van der Waals surface area contributed by atoms with Gasteiger partial charge in [-0.2, -0.15) is 0 Å². The van der Waals surface area contributed by atoms with Crippen molar-refractivity contribution in [1.82, 2.24) is 0 Å². The maximum atomic E-state index is 3.80. The van der Waals surface area contributed by atoms with Crippen molar-refractivity contribution < 1.29 is 0 Å². The lowest BCUT2D eigenvalue weighted by molar-refractivity contribution is 0.0489. The monoisotopic (exact) mass is 322 g/mol. The molecule has 2 rings (SSSR count). The van der Waals surface area contributed by atoms with Crippen LogP contribution in [0.2, 0.25) is 0 Å². The summed E-state index contributed by atoms with van der Waals surface area (Å²) in [4.78, 5) is 0. The standard InChI is InChI=1S/C24H34/c1-6-8-12-21(7-2)17-23(4)15-20(3)16-24(5,19-23)18-22-13-10-9-11-14-22/h6-14,20H,1,15-19H2,2-5H3/b12-8-,21-7+. The summed E-state index contributed by atoms with van der Waals surface area (Å²) in [5, 5.41) is 0. The molecule has 1 aromatic rings. The minimum atomic E-state index is 0.383. The molecule has 1 aromatic carbocycles. The second-order valence-corrected chi connectivity index (χ2v) is 8.61. The molecule has 1 aliphatic carbocycles. The van der Waals surface area contributed by atoms with E-state index in [1.807, 2.05) is 6.08 Å². The van der Waals surface area contributed by atoms with Gasteiger partial charge in [0.2, 0.25) is 0 Å². The van der Waals surface area contributed by atoms with Crippen LogP contribution in [-0.2, 0) is 6.42 Å². The Balaban J connectivity index is 2.16. The molecule has 0 radical (unpaired) electrons. The normalized spacial score (nSPS) is 31.3. The summed E-state index contributed by atoms with van der Waals surface area (Å²) in [5.74, 6) is 0.791. The molecule has 0 amide bonds. The number of hydrogen-bond donors (Lipinski definition) is 0. The van der Waals surface area contributed by atoms with Crippen LogP contribution < -0.4 is 0 Å². The van der Waals surface area contributed by atoms with Gasteiger partial charge >= 0.3 is 0 Å². The Kier molecular flexibility index (Phi) is 6.27. The van der Waals surface area contributed by atoms with Gasteiger partial charge in [-0.25, -0.2) is 0 Å². The molecule has 0 aliphatic heterocycles. The molecule has 1 aliphatic rings. The first-order valence-corrected chi connectivity index (χ1v) is 9.36.